The molecule has 0 saturated heterocycles. The Bertz CT molecular complexity index is 369. The molecule has 0 atom stereocenters. The molecule has 1 rings (SSSR count). The summed E-state index contributed by atoms with van der Waals surface area (Å²) in [5.41, 5.74) is 0.492. The standard InChI is InChI=1S/C12H18N2O3/c1-2-3-4-5-8-14(13-17)10-6-7-11(15)12(16)9-10/h6-7,9,15-16H,2-5,8H2,1H3. The fraction of sp³-hybridized carbons (Fsp3) is 0.500. The van der Waals surface area contributed by atoms with Crippen LogP contribution in [0, 0.1) is 4.91 Å². The fourth-order valence-electron chi connectivity index (χ4n) is 1.58. The first-order valence-electron chi connectivity index (χ1n) is 5.81. The van der Waals surface area contributed by atoms with Crippen LogP contribution in [0.5, 0.6) is 11.5 Å². The van der Waals surface area contributed by atoms with Gasteiger partial charge in [-0.25, -0.2) is 5.01 Å². The van der Waals surface area contributed by atoms with Gasteiger partial charge in [-0.1, -0.05) is 26.2 Å². The first-order chi connectivity index (χ1) is 8.19. The maximum absolute atomic E-state index is 10.7. The third kappa shape index (κ3) is 3.94. The van der Waals surface area contributed by atoms with E-state index < -0.39 is 0 Å². The number of phenols is 2. The van der Waals surface area contributed by atoms with E-state index in [-0.39, 0.29) is 11.5 Å². The summed E-state index contributed by atoms with van der Waals surface area (Å²) < 4.78 is 0. The van der Waals surface area contributed by atoms with E-state index in [0.29, 0.717) is 12.2 Å². The molecule has 0 fully saturated rings. The molecule has 1 aromatic rings. The molecule has 0 aliphatic rings. The number of nitroso groups, excluding NO2 is 1. The van der Waals surface area contributed by atoms with Crippen LogP contribution in [0.25, 0.3) is 0 Å². The largest absolute Gasteiger partial charge is 0.504 e. The van der Waals surface area contributed by atoms with Crippen molar-refractivity contribution in [1.29, 1.82) is 0 Å². The van der Waals surface area contributed by atoms with Gasteiger partial charge in [-0.05, 0) is 18.6 Å². The van der Waals surface area contributed by atoms with Crippen molar-refractivity contribution in [3.63, 3.8) is 0 Å². The van der Waals surface area contributed by atoms with Gasteiger partial charge in [0.25, 0.3) is 0 Å². The summed E-state index contributed by atoms with van der Waals surface area (Å²) >= 11 is 0. The maximum atomic E-state index is 10.7. The van der Waals surface area contributed by atoms with Crippen molar-refractivity contribution in [2.45, 2.75) is 32.6 Å². The molecule has 0 amide bonds. The molecular formula is C12H18N2O3. The fourth-order valence-corrected chi connectivity index (χ4v) is 1.58. The number of aromatic hydroxyl groups is 2. The van der Waals surface area contributed by atoms with Crippen molar-refractivity contribution >= 4 is 5.69 Å². The minimum absolute atomic E-state index is 0.203. The molecule has 0 aromatic heterocycles. The molecule has 0 aliphatic heterocycles. The van der Waals surface area contributed by atoms with Gasteiger partial charge in [0, 0.05) is 12.6 Å². The second-order valence-corrected chi connectivity index (χ2v) is 3.94. The third-order valence-corrected chi connectivity index (χ3v) is 2.58. The van der Waals surface area contributed by atoms with Gasteiger partial charge in [-0.15, -0.1) is 4.91 Å². The monoisotopic (exact) mass is 238 g/mol. The average molecular weight is 238 g/mol. The molecule has 5 heteroatoms. The predicted molar refractivity (Wildman–Crippen MR) is 67.1 cm³/mol. The van der Waals surface area contributed by atoms with Crippen LogP contribution in [0.4, 0.5) is 5.69 Å². The maximum Gasteiger partial charge on any atom is 0.159 e. The first-order valence-corrected chi connectivity index (χ1v) is 5.81. The van der Waals surface area contributed by atoms with Gasteiger partial charge < -0.3 is 10.2 Å². The Hall–Kier alpha value is -1.78. The molecule has 0 saturated carbocycles. The molecule has 0 bridgehead atoms. The van der Waals surface area contributed by atoms with E-state index in [1.54, 1.807) is 6.07 Å². The highest BCUT2D eigenvalue weighted by molar-refractivity contribution is 5.54. The summed E-state index contributed by atoms with van der Waals surface area (Å²) in [7, 11) is 0. The topological polar surface area (TPSA) is 73.1 Å². The summed E-state index contributed by atoms with van der Waals surface area (Å²) in [6.07, 6.45) is 4.19. The van der Waals surface area contributed by atoms with Gasteiger partial charge >= 0.3 is 0 Å². The quantitative estimate of drug-likeness (QED) is 0.331. The summed E-state index contributed by atoms with van der Waals surface area (Å²) in [5.74, 6) is -0.449. The molecule has 94 valence electrons. The Balaban J connectivity index is 2.60. The summed E-state index contributed by atoms with van der Waals surface area (Å²) in [4.78, 5) is 10.7. The van der Waals surface area contributed by atoms with Gasteiger partial charge in [0.15, 0.2) is 11.5 Å². The Kier molecular flexibility index (Phi) is 5.26. The molecule has 0 spiro atoms. The summed E-state index contributed by atoms with van der Waals surface area (Å²) in [5, 5.41) is 22.7. The van der Waals surface area contributed by atoms with E-state index in [0.717, 1.165) is 25.7 Å². The second kappa shape index (κ2) is 6.73. The average Bonchev–Trinajstić information content (AvgIpc) is 2.33. The minimum Gasteiger partial charge on any atom is -0.504 e. The van der Waals surface area contributed by atoms with Crippen LogP contribution in [0.2, 0.25) is 0 Å². The molecular weight excluding hydrogens is 220 g/mol. The molecule has 0 heterocycles. The van der Waals surface area contributed by atoms with Crippen molar-refractivity contribution in [1.82, 2.24) is 0 Å². The van der Waals surface area contributed by atoms with E-state index >= 15 is 0 Å². The number of anilines is 1. The molecule has 0 aliphatic carbocycles. The lowest BCUT2D eigenvalue weighted by atomic mass is 10.2. The molecule has 0 radical (unpaired) electrons. The lowest BCUT2D eigenvalue weighted by Gasteiger charge is -2.15. The van der Waals surface area contributed by atoms with Crippen molar-refractivity contribution in [3.8, 4) is 11.5 Å². The van der Waals surface area contributed by atoms with Crippen LogP contribution in [-0.4, -0.2) is 16.8 Å². The van der Waals surface area contributed by atoms with E-state index in [4.69, 9.17) is 5.11 Å². The highest BCUT2D eigenvalue weighted by Gasteiger charge is 2.08. The lowest BCUT2D eigenvalue weighted by molar-refractivity contribution is 0.403. The van der Waals surface area contributed by atoms with Crippen molar-refractivity contribution in [3.05, 3.63) is 23.1 Å². The number of nitrogens with zero attached hydrogens (tertiary/aromatic N) is 2. The Labute approximate surface area is 101 Å². The summed E-state index contributed by atoms with van der Waals surface area (Å²) in [6.45, 7) is 2.64. The van der Waals surface area contributed by atoms with E-state index in [1.807, 2.05) is 0 Å². The molecule has 5 nitrogen and oxygen atoms in total. The Morgan fingerprint density at radius 3 is 2.53 bits per heavy atom. The van der Waals surface area contributed by atoms with Gasteiger partial charge in [-0.3, -0.25) is 0 Å². The molecule has 2 N–H and O–H groups in total. The Morgan fingerprint density at radius 2 is 1.94 bits per heavy atom. The zero-order chi connectivity index (χ0) is 12.7. The number of rotatable bonds is 7. The van der Waals surface area contributed by atoms with Crippen LogP contribution >= 0.6 is 0 Å². The number of hydrogen-bond donors (Lipinski definition) is 2. The van der Waals surface area contributed by atoms with E-state index in [9.17, 15) is 10.0 Å². The summed E-state index contributed by atoms with van der Waals surface area (Å²) in [6, 6.07) is 4.22. The number of benzene rings is 1. The lowest BCUT2D eigenvalue weighted by Crippen LogP contribution is -2.16. The van der Waals surface area contributed by atoms with Gasteiger partial charge in [0.1, 0.15) is 0 Å². The van der Waals surface area contributed by atoms with Crippen molar-refractivity contribution < 1.29 is 10.2 Å². The first kappa shape index (κ1) is 13.3. The second-order valence-electron chi connectivity index (χ2n) is 3.94. The molecule has 0 unspecified atom stereocenters. The molecule has 1 aromatic carbocycles. The van der Waals surface area contributed by atoms with Crippen LogP contribution < -0.4 is 5.01 Å². The number of phenolic OH excluding ortho intramolecular Hbond substituents is 2. The zero-order valence-electron chi connectivity index (χ0n) is 9.96. The van der Waals surface area contributed by atoms with Gasteiger partial charge in [0.2, 0.25) is 0 Å². The van der Waals surface area contributed by atoms with Crippen molar-refractivity contribution in [2.75, 3.05) is 11.6 Å². The van der Waals surface area contributed by atoms with Crippen LogP contribution in [-0.2, 0) is 0 Å². The minimum atomic E-state index is -0.246. The van der Waals surface area contributed by atoms with Gasteiger partial charge in [-0.2, -0.15) is 0 Å². The van der Waals surface area contributed by atoms with Crippen LogP contribution in [0.3, 0.4) is 0 Å². The highest BCUT2D eigenvalue weighted by Crippen LogP contribution is 2.29. The van der Waals surface area contributed by atoms with Crippen LogP contribution in [0.1, 0.15) is 32.6 Å². The Morgan fingerprint density at radius 1 is 1.18 bits per heavy atom. The highest BCUT2D eigenvalue weighted by atomic mass is 16.3. The third-order valence-electron chi connectivity index (χ3n) is 2.58. The number of hydrogen-bond acceptors (Lipinski definition) is 4. The number of unbranched alkanes of at least 4 members (excludes halogenated alkanes) is 3. The SMILES string of the molecule is CCCCCCN(N=O)c1ccc(O)c(O)c1. The van der Waals surface area contributed by atoms with Crippen LogP contribution in [0.15, 0.2) is 23.5 Å². The molecule has 17 heavy (non-hydrogen) atoms. The predicted octanol–water partition coefficient (Wildman–Crippen LogP) is 3.17. The zero-order valence-corrected chi connectivity index (χ0v) is 9.96. The smallest absolute Gasteiger partial charge is 0.159 e. The van der Waals surface area contributed by atoms with Crippen molar-refractivity contribution in [2.24, 2.45) is 5.29 Å². The van der Waals surface area contributed by atoms with E-state index in [1.165, 1.54) is 17.1 Å². The van der Waals surface area contributed by atoms with Gasteiger partial charge in [0.05, 0.1) is 11.0 Å². The normalized spacial score (nSPS) is 10.2. The van der Waals surface area contributed by atoms with E-state index in [2.05, 4.69) is 12.2 Å².